The van der Waals surface area contributed by atoms with Crippen LogP contribution in [0.15, 0.2) is 16.6 Å². The molecule has 1 atom stereocenters. The second kappa shape index (κ2) is 6.02. The van der Waals surface area contributed by atoms with Gasteiger partial charge in [0, 0.05) is 14.9 Å². The van der Waals surface area contributed by atoms with E-state index in [2.05, 4.69) is 31.9 Å². The maximum Gasteiger partial charge on any atom is 0.152 e. The molecular weight excluding hydrogens is 386 g/mol. The topological polar surface area (TPSA) is 17.1 Å². The minimum absolute atomic E-state index is 0.0924. The van der Waals surface area contributed by atoms with Crippen LogP contribution in [0.3, 0.4) is 0 Å². The summed E-state index contributed by atoms with van der Waals surface area (Å²) in [6.07, 6.45) is 0.426. The highest BCUT2D eigenvalue weighted by atomic mass is 79.9. The Labute approximate surface area is 128 Å². The second-order valence-corrected chi connectivity index (χ2v) is 7.50. The summed E-state index contributed by atoms with van der Waals surface area (Å²) >= 11 is 12.6. The van der Waals surface area contributed by atoms with E-state index < -0.39 is 11.2 Å². The molecule has 1 aromatic rings. The van der Waals surface area contributed by atoms with Crippen molar-refractivity contribution in [3.05, 3.63) is 33.0 Å². The molecule has 0 saturated carbocycles. The van der Waals surface area contributed by atoms with Gasteiger partial charge in [0.2, 0.25) is 0 Å². The van der Waals surface area contributed by atoms with Gasteiger partial charge in [-0.05, 0) is 24.1 Å². The van der Waals surface area contributed by atoms with Crippen molar-refractivity contribution in [3.8, 4) is 0 Å². The molecule has 0 radical (unpaired) electrons. The molecular formula is C13H14Br2ClFO. The summed E-state index contributed by atoms with van der Waals surface area (Å²) in [6.45, 7) is 5.60. The molecule has 1 unspecified atom stereocenters. The Kier molecular flexibility index (Phi) is 5.39. The van der Waals surface area contributed by atoms with Gasteiger partial charge in [0.15, 0.2) is 5.78 Å². The van der Waals surface area contributed by atoms with E-state index >= 15 is 0 Å². The second-order valence-electron chi connectivity index (χ2n) is 5.13. The largest absolute Gasteiger partial charge is 0.298 e. The van der Waals surface area contributed by atoms with E-state index in [1.165, 1.54) is 12.1 Å². The van der Waals surface area contributed by atoms with Crippen molar-refractivity contribution in [3.63, 3.8) is 0 Å². The summed E-state index contributed by atoms with van der Waals surface area (Å²) in [5.41, 5.74) is 0.310. The van der Waals surface area contributed by atoms with E-state index in [0.29, 0.717) is 15.9 Å². The average molecular weight is 401 g/mol. The van der Waals surface area contributed by atoms with Crippen molar-refractivity contribution in [2.75, 3.05) is 0 Å². The molecule has 0 bridgehead atoms. The highest BCUT2D eigenvalue weighted by molar-refractivity contribution is 9.10. The first-order valence-electron chi connectivity index (χ1n) is 5.44. The Morgan fingerprint density at radius 1 is 1.44 bits per heavy atom. The Bertz CT molecular complexity index is 446. The number of benzene rings is 1. The molecule has 0 amide bonds. The predicted molar refractivity (Wildman–Crippen MR) is 80.0 cm³/mol. The zero-order chi connectivity index (χ0) is 14.1. The third-order valence-corrected chi connectivity index (χ3v) is 4.30. The van der Waals surface area contributed by atoms with Gasteiger partial charge in [0.25, 0.3) is 0 Å². The highest BCUT2D eigenvalue weighted by Gasteiger charge is 2.28. The molecule has 0 fully saturated rings. The first-order valence-corrected chi connectivity index (χ1v) is 7.53. The molecule has 18 heavy (non-hydrogen) atoms. The molecule has 1 aromatic carbocycles. The van der Waals surface area contributed by atoms with Crippen LogP contribution in [0.5, 0.6) is 0 Å². The van der Waals surface area contributed by atoms with Gasteiger partial charge in [-0.1, -0.05) is 64.2 Å². The number of ketones is 1. The van der Waals surface area contributed by atoms with Crippen LogP contribution < -0.4 is 0 Å². The van der Waals surface area contributed by atoms with E-state index in [0.717, 1.165) is 5.56 Å². The van der Waals surface area contributed by atoms with Gasteiger partial charge in [-0.15, -0.1) is 0 Å². The van der Waals surface area contributed by atoms with E-state index in [1.54, 1.807) is 0 Å². The molecule has 5 heteroatoms. The maximum atomic E-state index is 13.1. The molecule has 0 N–H and O–H groups in total. The fourth-order valence-electron chi connectivity index (χ4n) is 1.51. The van der Waals surface area contributed by atoms with E-state index in [-0.39, 0.29) is 10.6 Å². The first-order chi connectivity index (χ1) is 8.12. The number of carbonyl (C=O) groups excluding carboxylic acids is 1. The van der Waals surface area contributed by atoms with Crippen molar-refractivity contribution in [1.29, 1.82) is 0 Å². The summed E-state index contributed by atoms with van der Waals surface area (Å²) in [4.78, 5) is 11.7. The number of hydrogen-bond acceptors (Lipinski definition) is 1. The number of halogens is 4. The van der Waals surface area contributed by atoms with Crippen LogP contribution in [0.1, 0.15) is 26.3 Å². The molecule has 0 heterocycles. The Balaban J connectivity index is 2.96. The summed E-state index contributed by atoms with van der Waals surface area (Å²) in [6, 6.07) is 2.60. The van der Waals surface area contributed by atoms with Crippen LogP contribution in [-0.2, 0) is 11.2 Å². The van der Waals surface area contributed by atoms with Gasteiger partial charge < -0.3 is 0 Å². The SMILES string of the molecule is CC(C)(C)C(=O)C(Br)Cc1c(Cl)cc(F)cc1Br. The zero-order valence-electron chi connectivity index (χ0n) is 10.4. The van der Waals surface area contributed by atoms with E-state index in [4.69, 9.17) is 11.6 Å². The summed E-state index contributed by atoms with van der Waals surface area (Å²) < 4.78 is 13.7. The van der Waals surface area contributed by atoms with Crippen molar-refractivity contribution in [2.24, 2.45) is 5.41 Å². The fraction of sp³-hybridized carbons (Fsp3) is 0.462. The molecule has 0 aliphatic heterocycles. The van der Waals surface area contributed by atoms with Crippen molar-refractivity contribution >= 4 is 49.2 Å². The van der Waals surface area contributed by atoms with Gasteiger partial charge in [-0.2, -0.15) is 0 Å². The van der Waals surface area contributed by atoms with Crippen LogP contribution >= 0.6 is 43.5 Å². The van der Waals surface area contributed by atoms with Crippen molar-refractivity contribution in [2.45, 2.75) is 32.0 Å². The van der Waals surface area contributed by atoms with E-state index in [9.17, 15) is 9.18 Å². The summed E-state index contributed by atoms with van der Waals surface area (Å²) in [7, 11) is 0. The highest BCUT2D eigenvalue weighted by Crippen LogP contribution is 2.31. The number of alkyl halides is 1. The molecule has 0 aliphatic carbocycles. The molecule has 1 rings (SSSR count). The molecule has 0 saturated heterocycles. The van der Waals surface area contributed by atoms with Gasteiger partial charge in [0.1, 0.15) is 5.82 Å². The van der Waals surface area contributed by atoms with Gasteiger partial charge in [-0.25, -0.2) is 4.39 Å². The van der Waals surface area contributed by atoms with Gasteiger partial charge in [0.05, 0.1) is 4.83 Å². The Morgan fingerprint density at radius 3 is 2.44 bits per heavy atom. The summed E-state index contributed by atoms with van der Waals surface area (Å²) in [5, 5.41) is 0.327. The standard InChI is InChI=1S/C13H14Br2ClFO/c1-13(2,3)12(18)10(15)6-8-9(14)4-7(17)5-11(8)16/h4-5,10H,6H2,1-3H3. The van der Waals surface area contributed by atoms with Crippen LogP contribution in [-0.4, -0.2) is 10.6 Å². The minimum atomic E-state index is -0.423. The predicted octanol–water partition coefficient (Wildman–Crippen LogP) is 5.16. The van der Waals surface area contributed by atoms with Crippen LogP contribution in [0, 0.1) is 11.2 Å². The van der Waals surface area contributed by atoms with E-state index in [1.807, 2.05) is 20.8 Å². The lowest BCUT2D eigenvalue weighted by atomic mass is 9.87. The van der Waals surface area contributed by atoms with Gasteiger partial charge >= 0.3 is 0 Å². The fourth-order valence-corrected chi connectivity index (χ4v) is 3.51. The van der Waals surface area contributed by atoms with Crippen molar-refractivity contribution < 1.29 is 9.18 Å². The lowest BCUT2D eigenvalue weighted by molar-refractivity contribution is -0.125. The smallest absolute Gasteiger partial charge is 0.152 e. The third-order valence-electron chi connectivity index (χ3n) is 2.51. The van der Waals surface area contributed by atoms with Crippen molar-refractivity contribution in [1.82, 2.24) is 0 Å². The minimum Gasteiger partial charge on any atom is -0.298 e. The molecule has 100 valence electrons. The number of Topliss-reactive ketones (excluding diaryl/α,β-unsaturated/α-hetero) is 1. The Hall–Kier alpha value is 0.0700. The number of rotatable bonds is 3. The molecule has 1 nitrogen and oxygen atoms in total. The monoisotopic (exact) mass is 398 g/mol. The Morgan fingerprint density at radius 2 is 2.00 bits per heavy atom. The molecule has 0 aromatic heterocycles. The molecule has 0 aliphatic rings. The zero-order valence-corrected chi connectivity index (χ0v) is 14.3. The van der Waals surface area contributed by atoms with Gasteiger partial charge in [-0.3, -0.25) is 4.79 Å². The average Bonchev–Trinajstić information content (AvgIpc) is 2.20. The van der Waals surface area contributed by atoms with Crippen LogP contribution in [0.2, 0.25) is 5.02 Å². The number of carbonyl (C=O) groups is 1. The molecule has 0 spiro atoms. The lowest BCUT2D eigenvalue weighted by Crippen LogP contribution is -2.30. The van der Waals surface area contributed by atoms with Crippen LogP contribution in [0.4, 0.5) is 4.39 Å². The normalized spacial score (nSPS) is 13.5. The maximum absolute atomic E-state index is 13.1. The third kappa shape index (κ3) is 4.04. The van der Waals surface area contributed by atoms with Crippen LogP contribution in [0.25, 0.3) is 0 Å². The number of hydrogen-bond donors (Lipinski definition) is 0. The first kappa shape index (κ1) is 16.1. The lowest BCUT2D eigenvalue weighted by Gasteiger charge is -2.21. The quantitative estimate of drug-likeness (QED) is 0.641. The summed E-state index contributed by atoms with van der Waals surface area (Å²) in [5.74, 6) is -0.307.